The van der Waals surface area contributed by atoms with Crippen LogP contribution in [0.1, 0.15) is 88.7 Å². The van der Waals surface area contributed by atoms with Crippen molar-refractivity contribution in [1.82, 2.24) is 0 Å². The molecule has 0 spiro atoms. The maximum atomic E-state index is 14.6. The van der Waals surface area contributed by atoms with Gasteiger partial charge in [-0.25, -0.2) is 4.39 Å². The van der Waals surface area contributed by atoms with Gasteiger partial charge in [-0.05, 0) is 72.1 Å². The van der Waals surface area contributed by atoms with Crippen LogP contribution < -0.4 is 0 Å². The lowest BCUT2D eigenvalue weighted by Gasteiger charge is -2.26. The van der Waals surface area contributed by atoms with Crippen LogP contribution in [0, 0.1) is 17.8 Å². The minimum Gasteiger partial charge on any atom is -0.211 e. The number of benzene rings is 1. The van der Waals surface area contributed by atoms with E-state index in [0.29, 0.717) is 18.3 Å². The topological polar surface area (TPSA) is 0 Å². The van der Waals surface area contributed by atoms with Crippen molar-refractivity contribution in [3.8, 4) is 0 Å². The highest BCUT2D eigenvalue weighted by molar-refractivity contribution is 5.30. The van der Waals surface area contributed by atoms with E-state index in [1.54, 1.807) is 6.08 Å². The first-order valence-corrected chi connectivity index (χ1v) is 11.1. The highest BCUT2D eigenvalue weighted by Crippen LogP contribution is 2.36. The standard InChI is InChI=1S/C26H37F/c1-19-5-4-6-23(12-7-19)21(3)17-26(27)18-22-10-15-25(16-11-22)24-13-8-20(2)9-14-24/h10-11,15-17,19-20,23-24H,3-9,12-14,18H2,1-2H3/b26-17+. The lowest BCUT2D eigenvalue weighted by atomic mass is 9.79. The molecule has 0 heterocycles. The Kier molecular flexibility index (Phi) is 7.33. The third-order valence-electron chi connectivity index (χ3n) is 6.96. The summed E-state index contributed by atoms with van der Waals surface area (Å²) in [7, 11) is 0. The van der Waals surface area contributed by atoms with Gasteiger partial charge in [-0.2, -0.15) is 0 Å². The van der Waals surface area contributed by atoms with Gasteiger partial charge in [0.15, 0.2) is 0 Å². The van der Waals surface area contributed by atoms with E-state index in [9.17, 15) is 4.39 Å². The Morgan fingerprint density at radius 1 is 0.926 bits per heavy atom. The van der Waals surface area contributed by atoms with Crippen molar-refractivity contribution in [2.75, 3.05) is 0 Å². The Morgan fingerprint density at radius 2 is 1.56 bits per heavy atom. The largest absolute Gasteiger partial charge is 0.211 e. The number of allylic oxidation sites excluding steroid dienone is 3. The molecule has 1 aromatic rings. The number of halogens is 1. The Morgan fingerprint density at radius 3 is 2.26 bits per heavy atom. The maximum absolute atomic E-state index is 14.6. The van der Waals surface area contributed by atoms with Crippen LogP contribution in [-0.4, -0.2) is 0 Å². The molecule has 0 aromatic heterocycles. The molecule has 0 nitrogen and oxygen atoms in total. The summed E-state index contributed by atoms with van der Waals surface area (Å²) in [6.45, 7) is 8.88. The first kappa shape index (κ1) is 20.4. The molecule has 1 heteroatoms. The number of hydrogen-bond donors (Lipinski definition) is 0. The SMILES string of the molecule is C=C(/C=C(/F)Cc1ccc(C2CCC(C)CC2)cc1)C1CCCC(C)CC1. The monoisotopic (exact) mass is 368 g/mol. The van der Waals surface area contributed by atoms with Crippen LogP contribution in [0.25, 0.3) is 0 Å². The summed E-state index contributed by atoms with van der Waals surface area (Å²) in [6, 6.07) is 8.70. The zero-order valence-corrected chi connectivity index (χ0v) is 17.4. The van der Waals surface area contributed by atoms with Crippen molar-refractivity contribution in [1.29, 1.82) is 0 Å². The molecule has 0 amide bonds. The van der Waals surface area contributed by atoms with Crippen molar-refractivity contribution in [3.05, 3.63) is 59.4 Å². The van der Waals surface area contributed by atoms with E-state index in [1.807, 2.05) is 0 Å². The van der Waals surface area contributed by atoms with Gasteiger partial charge in [0.05, 0.1) is 0 Å². The molecular formula is C26H37F. The second-order valence-electron chi connectivity index (χ2n) is 9.35. The summed E-state index contributed by atoms with van der Waals surface area (Å²) < 4.78 is 14.6. The molecule has 0 saturated heterocycles. The molecule has 2 atom stereocenters. The summed E-state index contributed by atoms with van der Waals surface area (Å²) in [6.07, 6.45) is 13.5. The van der Waals surface area contributed by atoms with E-state index in [2.05, 4.69) is 44.7 Å². The quantitative estimate of drug-likeness (QED) is 0.363. The summed E-state index contributed by atoms with van der Waals surface area (Å²) in [5.74, 6) is 2.81. The highest BCUT2D eigenvalue weighted by atomic mass is 19.1. The fourth-order valence-corrected chi connectivity index (χ4v) is 4.92. The van der Waals surface area contributed by atoms with Gasteiger partial charge < -0.3 is 0 Å². The van der Waals surface area contributed by atoms with Gasteiger partial charge in [-0.15, -0.1) is 0 Å². The van der Waals surface area contributed by atoms with E-state index < -0.39 is 0 Å². The first-order valence-electron chi connectivity index (χ1n) is 11.1. The molecule has 2 fully saturated rings. The average molecular weight is 369 g/mol. The minimum absolute atomic E-state index is 0.0449. The van der Waals surface area contributed by atoms with E-state index >= 15 is 0 Å². The van der Waals surface area contributed by atoms with Gasteiger partial charge in [0.1, 0.15) is 5.83 Å². The Hall–Kier alpha value is -1.37. The predicted octanol–water partition coefficient (Wildman–Crippen LogP) is 8.15. The molecule has 0 bridgehead atoms. The van der Waals surface area contributed by atoms with Gasteiger partial charge in [-0.3, -0.25) is 0 Å². The van der Waals surface area contributed by atoms with Crippen molar-refractivity contribution < 1.29 is 4.39 Å². The van der Waals surface area contributed by atoms with Crippen LogP contribution in [0.2, 0.25) is 0 Å². The van der Waals surface area contributed by atoms with Crippen LogP contribution in [-0.2, 0) is 6.42 Å². The molecular weight excluding hydrogens is 331 g/mol. The number of hydrogen-bond acceptors (Lipinski definition) is 0. The predicted molar refractivity (Wildman–Crippen MR) is 115 cm³/mol. The molecule has 0 aliphatic heterocycles. The maximum Gasteiger partial charge on any atom is 0.105 e. The summed E-state index contributed by atoms with van der Waals surface area (Å²) in [5.41, 5.74) is 3.50. The summed E-state index contributed by atoms with van der Waals surface area (Å²) in [4.78, 5) is 0. The fraction of sp³-hybridized carbons (Fsp3) is 0.615. The molecule has 0 N–H and O–H groups in total. The normalized spacial score (nSPS) is 30.0. The summed E-state index contributed by atoms with van der Waals surface area (Å²) >= 11 is 0. The van der Waals surface area contributed by atoms with Gasteiger partial charge in [0.2, 0.25) is 0 Å². The van der Waals surface area contributed by atoms with Gasteiger partial charge >= 0.3 is 0 Å². The summed E-state index contributed by atoms with van der Waals surface area (Å²) in [5, 5.41) is 0. The van der Waals surface area contributed by atoms with Crippen molar-refractivity contribution in [2.24, 2.45) is 17.8 Å². The van der Waals surface area contributed by atoms with Crippen LogP contribution in [0.3, 0.4) is 0 Å². The minimum atomic E-state index is -0.0449. The average Bonchev–Trinajstić information content (AvgIpc) is 2.87. The third-order valence-corrected chi connectivity index (χ3v) is 6.96. The zero-order chi connectivity index (χ0) is 19.2. The first-order chi connectivity index (χ1) is 13.0. The molecule has 1 aromatic carbocycles. The lowest BCUT2D eigenvalue weighted by molar-refractivity contribution is 0.348. The molecule has 148 valence electrons. The van der Waals surface area contributed by atoms with Crippen LogP contribution in [0.5, 0.6) is 0 Å². The van der Waals surface area contributed by atoms with Gasteiger partial charge in [0, 0.05) is 6.42 Å². The molecule has 0 radical (unpaired) electrons. The van der Waals surface area contributed by atoms with Crippen LogP contribution in [0.4, 0.5) is 4.39 Å². The Balaban J connectivity index is 1.54. The smallest absolute Gasteiger partial charge is 0.105 e. The van der Waals surface area contributed by atoms with Crippen LogP contribution in [0.15, 0.2) is 48.3 Å². The lowest BCUT2D eigenvalue weighted by Crippen LogP contribution is -2.10. The molecule has 3 rings (SSSR count). The Labute approximate surface area is 166 Å². The second kappa shape index (κ2) is 9.71. The Bertz CT molecular complexity index is 631. The highest BCUT2D eigenvalue weighted by Gasteiger charge is 2.20. The van der Waals surface area contributed by atoms with E-state index in [0.717, 1.165) is 23.0 Å². The van der Waals surface area contributed by atoms with E-state index in [1.165, 1.54) is 63.4 Å². The van der Waals surface area contributed by atoms with Gasteiger partial charge in [-0.1, -0.05) is 76.8 Å². The van der Waals surface area contributed by atoms with Crippen molar-refractivity contribution >= 4 is 0 Å². The number of rotatable bonds is 5. The molecule has 27 heavy (non-hydrogen) atoms. The van der Waals surface area contributed by atoms with E-state index in [-0.39, 0.29) is 5.83 Å². The van der Waals surface area contributed by atoms with Crippen LogP contribution >= 0.6 is 0 Å². The fourth-order valence-electron chi connectivity index (χ4n) is 4.92. The zero-order valence-electron chi connectivity index (χ0n) is 17.4. The van der Waals surface area contributed by atoms with Gasteiger partial charge in [0.25, 0.3) is 0 Å². The third kappa shape index (κ3) is 6.06. The van der Waals surface area contributed by atoms with Crippen molar-refractivity contribution in [3.63, 3.8) is 0 Å². The van der Waals surface area contributed by atoms with Crippen molar-refractivity contribution in [2.45, 2.75) is 84.0 Å². The molecule has 2 aliphatic carbocycles. The second-order valence-corrected chi connectivity index (χ2v) is 9.35. The van der Waals surface area contributed by atoms with E-state index in [4.69, 9.17) is 0 Å². The molecule has 2 saturated carbocycles. The molecule has 2 unspecified atom stereocenters. The molecule has 2 aliphatic rings.